The number of rotatable bonds is 6. The molecule has 7 N–H and O–H groups in total. The number of carbonyl (C=O) groups excluding carboxylic acids is 1. The Morgan fingerprint density at radius 3 is 2.27 bits per heavy atom. The van der Waals surface area contributed by atoms with Crippen LogP contribution in [0.4, 0.5) is 5.69 Å². The smallest absolute Gasteiger partial charge is 0.224 e. The summed E-state index contributed by atoms with van der Waals surface area (Å²) in [6.07, 6.45) is 9.76. The van der Waals surface area contributed by atoms with Crippen LogP contribution in [0.25, 0.3) is 5.70 Å². The molecule has 2 saturated heterocycles. The standard InChI is InChI=1S/C13H21B2NO.C13H18N4O.C2H6/c14-13(15,12-4-6-17-7-5-12)16-8-10-2-1-3-11(10)9-16;1-2-13(18)17-10-5-3-4-9(8-10)11(14)6-7-12(15)16;1-2/h10-12H,1-9H2;3-8H,2,14-16H2,1H3,(H,17,18);1-2H3/b;11-6-;. The molecule has 1 amide bonds. The van der Waals surface area contributed by atoms with Crippen LogP contribution < -0.4 is 22.5 Å². The maximum atomic E-state index is 11.3. The van der Waals surface area contributed by atoms with Crippen LogP contribution in [-0.2, 0) is 9.53 Å². The summed E-state index contributed by atoms with van der Waals surface area (Å²) in [5, 5.41) is 2.16. The fourth-order valence-corrected chi connectivity index (χ4v) is 5.28. The van der Waals surface area contributed by atoms with E-state index < -0.39 is 5.34 Å². The van der Waals surface area contributed by atoms with E-state index in [4.69, 9.17) is 37.6 Å². The Hall–Kier alpha value is -2.38. The number of carbonyl (C=O) groups is 1. The van der Waals surface area contributed by atoms with Crippen LogP contribution in [0.1, 0.15) is 64.9 Å². The summed E-state index contributed by atoms with van der Waals surface area (Å²) >= 11 is 0. The van der Waals surface area contributed by atoms with Gasteiger partial charge in [-0.1, -0.05) is 44.7 Å². The largest absolute Gasteiger partial charge is 0.398 e. The molecule has 7 nitrogen and oxygen atoms in total. The van der Waals surface area contributed by atoms with Gasteiger partial charge in [0, 0.05) is 44.1 Å². The highest BCUT2D eigenvalue weighted by molar-refractivity contribution is 6.40. The van der Waals surface area contributed by atoms with Crippen LogP contribution >= 0.6 is 0 Å². The molecule has 9 heteroatoms. The first-order valence-corrected chi connectivity index (χ1v) is 13.7. The molecule has 2 atom stereocenters. The number of benzene rings is 1. The van der Waals surface area contributed by atoms with E-state index >= 15 is 0 Å². The van der Waals surface area contributed by atoms with Crippen molar-refractivity contribution in [2.24, 2.45) is 35.0 Å². The lowest BCUT2D eigenvalue weighted by Gasteiger charge is -2.45. The lowest BCUT2D eigenvalue weighted by atomic mass is 9.52. The lowest BCUT2D eigenvalue weighted by Crippen LogP contribution is -2.55. The van der Waals surface area contributed by atoms with Gasteiger partial charge in [0.15, 0.2) is 0 Å². The van der Waals surface area contributed by atoms with Crippen LogP contribution in [0, 0.1) is 17.8 Å². The van der Waals surface area contributed by atoms with Crippen molar-refractivity contribution in [3.05, 3.63) is 47.8 Å². The quantitative estimate of drug-likeness (QED) is 0.348. The van der Waals surface area contributed by atoms with Crippen molar-refractivity contribution in [2.45, 2.75) is 64.6 Å². The van der Waals surface area contributed by atoms with E-state index in [0.29, 0.717) is 23.7 Å². The van der Waals surface area contributed by atoms with Gasteiger partial charge in [-0.2, -0.15) is 0 Å². The fraction of sp³-hybridized carbons (Fsp3) is 0.607. The molecule has 2 aliphatic heterocycles. The molecule has 1 aromatic carbocycles. The molecule has 1 saturated carbocycles. The highest BCUT2D eigenvalue weighted by Gasteiger charge is 2.43. The average Bonchev–Trinajstić information content (AvgIpc) is 3.53. The maximum Gasteiger partial charge on any atom is 0.224 e. The fourth-order valence-electron chi connectivity index (χ4n) is 5.28. The monoisotopic (exact) mass is 505 g/mol. The normalized spacial score (nSPS) is 22.1. The first-order valence-electron chi connectivity index (χ1n) is 13.7. The predicted octanol–water partition coefficient (Wildman–Crippen LogP) is 3.26. The van der Waals surface area contributed by atoms with Crippen LogP contribution in [0.2, 0.25) is 0 Å². The minimum absolute atomic E-state index is 0.0409. The second-order valence-electron chi connectivity index (χ2n) is 9.90. The summed E-state index contributed by atoms with van der Waals surface area (Å²) in [5.41, 5.74) is 18.5. The Morgan fingerprint density at radius 2 is 1.70 bits per heavy atom. The van der Waals surface area contributed by atoms with Crippen molar-refractivity contribution in [1.29, 1.82) is 0 Å². The van der Waals surface area contributed by atoms with Crippen LogP contribution in [0.5, 0.6) is 0 Å². The van der Waals surface area contributed by atoms with E-state index in [0.717, 1.165) is 56.5 Å². The van der Waals surface area contributed by atoms with Gasteiger partial charge in [-0.15, -0.1) is 0 Å². The molecule has 200 valence electrons. The number of hydrogen-bond acceptors (Lipinski definition) is 6. The van der Waals surface area contributed by atoms with Crippen molar-refractivity contribution in [3.8, 4) is 0 Å². The third kappa shape index (κ3) is 9.15. The highest BCUT2D eigenvalue weighted by atomic mass is 16.5. The summed E-state index contributed by atoms with van der Waals surface area (Å²) in [6, 6.07) is 7.25. The Kier molecular flexibility index (Phi) is 12.6. The van der Waals surface area contributed by atoms with Gasteiger partial charge in [0.05, 0.1) is 21.5 Å². The zero-order valence-electron chi connectivity index (χ0n) is 22.9. The Morgan fingerprint density at radius 1 is 1.08 bits per heavy atom. The molecule has 2 unspecified atom stereocenters. The van der Waals surface area contributed by atoms with E-state index in [1.807, 2.05) is 26.0 Å². The van der Waals surface area contributed by atoms with E-state index in [-0.39, 0.29) is 11.7 Å². The van der Waals surface area contributed by atoms with E-state index in [1.165, 1.54) is 25.3 Å². The molecule has 3 aliphatic rings. The Labute approximate surface area is 226 Å². The number of hydrogen-bond donors (Lipinski definition) is 4. The van der Waals surface area contributed by atoms with Gasteiger partial charge in [-0.05, 0) is 73.3 Å². The number of nitrogens with one attached hydrogen (secondary N) is 1. The predicted molar refractivity (Wildman–Crippen MR) is 156 cm³/mol. The summed E-state index contributed by atoms with van der Waals surface area (Å²) < 4.78 is 5.40. The molecular formula is C28H45B2N5O2. The number of fused-ring (bicyclic) bond motifs is 1. The number of nitrogens with two attached hydrogens (primary N) is 3. The summed E-state index contributed by atoms with van der Waals surface area (Å²) in [5.74, 6) is 2.27. The molecule has 0 bridgehead atoms. The highest BCUT2D eigenvalue weighted by Crippen LogP contribution is 2.41. The summed E-state index contributed by atoms with van der Waals surface area (Å²) in [7, 11) is 12.9. The molecule has 4 radical (unpaired) electrons. The molecule has 4 rings (SSSR count). The second-order valence-corrected chi connectivity index (χ2v) is 9.90. The number of allylic oxidation sites excluding steroid dienone is 2. The Bertz CT molecular complexity index is 900. The molecule has 0 spiro atoms. The van der Waals surface area contributed by atoms with Crippen LogP contribution in [0.3, 0.4) is 0 Å². The number of nitrogens with zero attached hydrogens (tertiary/aromatic N) is 1. The van der Waals surface area contributed by atoms with E-state index in [9.17, 15) is 4.79 Å². The number of amides is 1. The topological polar surface area (TPSA) is 120 Å². The van der Waals surface area contributed by atoms with Crippen molar-refractivity contribution in [3.63, 3.8) is 0 Å². The average molecular weight is 505 g/mol. The van der Waals surface area contributed by atoms with Crippen LogP contribution in [0.15, 0.2) is 42.2 Å². The molecule has 3 fully saturated rings. The van der Waals surface area contributed by atoms with Crippen molar-refractivity contribution in [2.75, 3.05) is 31.6 Å². The van der Waals surface area contributed by atoms with Gasteiger partial charge >= 0.3 is 0 Å². The maximum absolute atomic E-state index is 11.3. The lowest BCUT2D eigenvalue weighted by molar-refractivity contribution is -0.115. The Balaban J connectivity index is 0.000000244. The molecule has 1 aromatic rings. The third-order valence-corrected chi connectivity index (χ3v) is 7.41. The zero-order valence-corrected chi connectivity index (χ0v) is 22.9. The molecular weight excluding hydrogens is 460 g/mol. The van der Waals surface area contributed by atoms with E-state index in [2.05, 4.69) is 10.2 Å². The third-order valence-electron chi connectivity index (χ3n) is 7.41. The van der Waals surface area contributed by atoms with Crippen molar-refractivity contribution < 1.29 is 9.53 Å². The summed E-state index contributed by atoms with van der Waals surface area (Å²) in [6.45, 7) is 9.68. The van der Waals surface area contributed by atoms with Crippen LogP contribution in [-0.4, -0.2) is 58.1 Å². The van der Waals surface area contributed by atoms with Gasteiger partial charge in [0.1, 0.15) is 0 Å². The minimum Gasteiger partial charge on any atom is -0.398 e. The van der Waals surface area contributed by atoms with Gasteiger partial charge in [0.2, 0.25) is 5.91 Å². The van der Waals surface area contributed by atoms with E-state index in [1.54, 1.807) is 25.1 Å². The number of anilines is 1. The number of ether oxygens (including phenoxy) is 1. The second kappa shape index (κ2) is 15.1. The summed E-state index contributed by atoms with van der Waals surface area (Å²) in [4.78, 5) is 13.6. The molecule has 37 heavy (non-hydrogen) atoms. The van der Waals surface area contributed by atoms with Crippen molar-refractivity contribution in [1.82, 2.24) is 4.90 Å². The SMILES string of the molecule is CC.CCC(=O)Nc1cccc(/C(N)=C/C=C(N)N)c1.[B]C([B])(C1CCOCC1)N1CC2CCCC2C1. The molecule has 1 aliphatic carbocycles. The van der Waals surface area contributed by atoms with Crippen molar-refractivity contribution >= 4 is 33.0 Å². The van der Waals surface area contributed by atoms with Gasteiger partial charge in [0.25, 0.3) is 0 Å². The van der Waals surface area contributed by atoms with Gasteiger partial charge < -0.3 is 32.2 Å². The van der Waals surface area contributed by atoms with Gasteiger partial charge in [-0.3, -0.25) is 4.79 Å². The first kappa shape index (κ1) is 30.8. The minimum atomic E-state index is -0.603. The molecule has 0 aromatic heterocycles. The van der Waals surface area contributed by atoms with Gasteiger partial charge in [-0.25, -0.2) is 0 Å². The molecule has 2 heterocycles. The first-order chi connectivity index (χ1) is 17.7. The number of likely N-dealkylation sites (tertiary alicyclic amines) is 1. The zero-order chi connectivity index (χ0) is 27.4.